The summed E-state index contributed by atoms with van der Waals surface area (Å²) < 4.78 is 0. The molecule has 0 heterocycles. The number of nitrogens with zero attached hydrogens (tertiary/aromatic N) is 1. The highest BCUT2D eigenvalue weighted by Gasteiger charge is 2.25. The van der Waals surface area contributed by atoms with Crippen LogP contribution < -0.4 is 5.32 Å². The van der Waals surface area contributed by atoms with Gasteiger partial charge in [0.2, 0.25) is 11.8 Å². The van der Waals surface area contributed by atoms with Crippen LogP contribution in [0.5, 0.6) is 0 Å². The Morgan fingerprint density at radius 1 is 1.00 bits per heavy atom. The number of unbranched alkanes of at least 4 members (excludes halogenated alkanes) is 1. The smallest absolute Gasteiger partial charge is 0.242 e. The Morgan fingerprint density at radius 2 is 1.70 bits per heavy atom. The second kappa shape index (κ2) is 12.2. The molecule has 0 aliphatic rings. The average molecular weight is 409 g/mol. The van der Waals surface area contributed by atoms with E-state index in [1.807, 2.05) is 32.0 Å². The lowest BCUT2D eigenvalue weighted by Gasteiger charge is -2.29. The van der Waals surface area contributed by atoms with Gasteiger partial charge in [0.05, 0.1) is 0 Å². The Bertz CT molecular complexity index is 814. The van der Waals surface area contributed by atoms with Gasteiger partial charge in [-0.1, -0.05) is 74.4 Å². The highest BCUT2D eigenvalue weighted by Crippen LogP contribution is 2.15. The summed E-state index contributed by atoms with van der Waals surface area (Å²) >= 11 is 0. The number of nitrogens with one attached hydrogen (secondary N) is 1. The Hall–Kier alpha value is -2.62. The van der Waals surface area contributed by atoms with E-state index in [1.165, 1.54) is 5.56 Å². The molecule has 0 saturated carbocycles. The minimum absolute atomic E-state index is 0.00853. The summed E-state index contributed by atoms with van der Waals surface area (Å²) in [5, 5.41) is 2.97. The first-order chi connectivity index (χ1) is 14.4. The third-order valence-electron chi connectivity index (χ3n) is 5.49. The number of carbonyl (C=O) groups is 2. The minimum Gasteiger partial charge on any atom is -0.354 e. The zero-order valence-electron chi connectivity index (χ0n) is 18.9. The quantitative estimate of drug-likeness (QED) is 0.542. The zero-order valence-corrected chi connectivity index (χ0v) is 18.9. The summed E-state index contributed by atoms with van der Waals surface area (Å²) in [4.78, 5) is 27.5. The number of rotatable bonds is 11. The fourth-order valence-corrected chi connectivity index (χ4v) is 3.46. The summed E-state index contributed by atoms with van der Waals surface area (Å²) in [5.74, 6) is -0.0778. The first-order valence-electron chi connectivity index (χ1n) is 11.1. The van der Waals surface area contributed by atoms with Crippen molar-refractivity contribution in [3.8, 4) is 0 Å². The van der Waals surface area contributed by atoms with Crippen molar-refractivity contribution in [1.29, 1.82) is 0 Å². The van der Waals surface area contributed by atoms with E-state index in [4.69, 9.17) is 0 Å². The molecule has 0 unspecified atom stereocenters. The van der Waals surface area contributed by atoms with Gasteiger partial charge < -0.3 is 10.2 Å². The van der Waals surface area contributed by atoms with Crippen molar-refractivity contribution in [2.45, 2.75) is 72.4 Å². The molecule has 0 aromatic heterocycles. The average Bonchev–Trinajstić information content (AvgIpc) is 2.75. The van der Waals surface area contributed by atoms with Gasteiger partial charge in [0, 0.05) is 19.5 Å². The minimum atomic E-state index is -0.502. The molecule has 2 amide bonds. The second-order valence-corrected chi connectivity index (χ2v) is 8.00. The highest BCUT2D eigenvalue weighted by atomic mass is 16.2. The zero-order chi connectivity index (χ0) is 21.9. The van der Waals surface area contributed by atoms with Crippen molar-refractivity contribution in [3.05, 3.63) is 70.8 Å². The van der Waals surface area contributed by atoms with Gasteiger partial charge in [-0.2, -0.15) is 0 Å². The van der Waals surface area contributed by atoms with E-state index in [0.29, 0.717) is 25.9 Å². The van der Waals surface area contributed by atoms with Gasteiger partial charge in [0.1, 0.15) is 6.04 Å². The first kappa shape index (κ1) is 23.7. The SMILES string of the molecule is CCCCNC(=O)[C@H](C)N(Cc1cccc(C)c1)C(=O)CCc1ccc(CC)cc1. The number of amides is 2. The van der Waals surface area contributed by atoms with Crippen LogP contribution in [-0.4, -0.2) is 29.3 Å². The molecule has 2 rings (SSSR count). The number of carbonyl (C=O) groups excluding carboxylic acids is 2. The molecule has 0 saturated heterocycles. The van der Waals surface area contributed by atoms with Crippen LogP contribution in [0, 0.1) is 6.92 Å². The first-order valence-corrected chi connectivity index (χ1v) is 11.1. The second-order valence-electron chi connectivity index (χ2n) is 8.00. The Kier molecular flexibility index (Phi) is 9.59. The standard InChI is InChI=1S/C26H36N2O2/c1-5-7-17-27-26(30)21(4)28(19-24-10-8-9-20(3)18-24)25(29)16-15-23-13-11-22(6-2)12-14-23/h8-14,18,21H,5-7,15-17,19H2,1-4H3,(H,27,30)/t21-/m0/s1. The molecule has 0 aliphatic carbocycles. The van der Waals surface area contributed by atoms with Gasteiger partial charge >= 0.3 is 0 Å². The predicted molar refractivity (Wildman–Crippen MR) is 123 cm³/mol. The molecule has 2 aromatic rings. The van der Waals surface area contributed by atoms with E-state index in [2.05, 4.69) is 49.5 Å². The maximum absolute atomic E-state index is 13.2. The lowest BCUT2D eigenvalue weighted by molar-refractivity contribution is -0.140. The maximum atomic E-state index is 13.2. The van der Waals surface area contributed by atoms with E-state index in [1.54, 1.807) is 4.90 Å². The van der Waals surface area contributed by atoms with Crippen LogP contribution in [-0.2, 0) is 29.0 Å². The van der Waals surface area contributed by atoms with Gasteiger partial charge in [0.15, 0.2) is 0 Å². The summed E-state index contributed by atoms with van der Waals surface area (Å²) in [6.45, 7) is 9.18. The van der Waals surface area contributed by atoms with Crippen LogP contribution in [0.1, 0.15) is 62.3 Å². The molecular formula is C26H36N2O2. The fourth-order valence-electron chi connectivity index (χ4n) is 3.46. The maximum Gasteiger partial charge on any atom is 0.242 e. The molecule has 0 bridgehead atoms. The summed E-state index contributed by atoms with van der Waals surface area (Å²) in [7, 11) is 0. The molecule has 0 aliphatic heterocycles. The van der Waals surface area contributed by atoms with Crippen LogP contribution in [0.15, 0.2) is 48.5 Å². The molecule has 162 valence electrons. The van der Waals surface area contributed by atoms with Crippen LogP contribution in [0.4, 0.5) is 0 Å². The molecule has 0 radical (unpaired) electrons. The molecular weight excluding hydrogens is 372 g/mol. The van der Waals surface area contributed by atoms with Crippen molar-refractivity contribution in [1.82, 2.24) is 10.2 Å². The summed E-state index contributed by atoms with van der Waals surface area (Å²) in [5.41, 5.74) is 4.64. The summed E-state index contributed by atoms with van der Waals surface area (Å²) in [6, 6.07) is 16.0. The van der Waals surface area contributed by atoms with Crippen molar-refractivity contribution in [3.63, 3.8) is 0 Å². The van der Waals surface area contributed by atoms with Gasteiger partial charge in [-0.25, -0.2) is 0 Å². The molecule has 1 atom stereocenters. The van der Waals surface area contributed by atoms with Crippen molar-refractivity contribution < 1.29 is 9.59 Å². The van der Waals surface area contributed by atoms with E-state index in [-0.39, 0.29) is 11.8 Å². The monoisotopic (exact) mass is 408 g/mol. The molecule has 0 fully saturated rings. The topological polar surface area (TPSA) is 49.4 Å². The van der Waals surface area contributed by atoms with E-state index < -0.39 is 6.04 Å². The molecule has 30 heavy (non-hydrogen) atoms. The lowest BCUT2D eigenvalue weighted by Crippen LogP contribution is -2.47. The molecule has 0 spiro atoms. The van der Waals surface area contributed by atoms with Crippen molar-refractivity contribution in [2.24, 2.45) is 0 Å². The number of benzene rings is 2. The van der Waals surface area contributed by atoms with E-state index >= 15 is 0 Å². The Balaban J connectivity index is 2.09. The Labute approximate surface area is 181 Å². The van der Waals surface area contributed by atoms with Gasteiger partial charge in [-0.15, -0.1) is 0 Å². The van der Waals surface area contributed by atoms with E-state index in [9.17, 15) is 9.59 Å². The van der Waals surface area contributed by atoms with Crippen molar-refractivity contribution in [2.75, 3.05) is 6.54 Å². The third kappa shape index (κ3) is 7.33. The van der Waals surface area contributed by atoms with Crippen LogP contribution >= 0.6 is 0 Å². The summed E-state index contributed by atoms with van der Waals surface area (Å²) in [6.07, 6.45) is 4.05. The van der Waals surface area contributed by atoms with E-state index in [0.717, 1.165) is 36.0 Å². The molecule has 4 nitrogen and oxygen atoms in total. The number of hydrogen-bond donors (Lipinski definition) is 1. The predicted octanol–water partition coefficient (Wildman–Crippen LogP) is 4.82. The van der Waals surface area contributed by atoms with Crippen LogP contribution in [0.2, 0.25) is 0 Å². The van der Waals surface area contributed by atoms with Gasteiger partial charge in [-0.05, 0) is 49.8 Å². The fraction of sp³-hybridized carbons (Fsp3) is 0.462. The number of aryl methyl sites for hydroxylation is 3. The Morgan fingerprint density at radius 3 is 2.33 bits per heavy atom. The highest BCUT2D eigenvalue weighted by molar-refractivity contribution is 5.87. The van der Waals surface area contributed by atoms with Gasteiger partial charge in [0.25, 0.3) is 0 Å². The van der Waals surface area contributed by atoms with Crippen LogP contribution in [0.3, 0.4) is 0 Å². The molecule has 2 aromatic carbocycles. The normalized spacial score (nSPS) is 11.7. The third-order valence-corrected chi connectivity index (χ3v) is 5.49. The largest absolute Gasteiger partial charge is 0.354 e. The number of hydrogen-bond acceptors (Lipinski definition) is 2. The lowest BCUT2D eigenvalue weighted by atomic mass is 10.0. The molecule has 1 N–H and O–H groups in total. The van der Waals surface area contributed by atoms with Crippen LogP contribution in [0.25, 0.3) is 0 Å². The van der Waals surface area contributed by atoms with Crippen molar-refractivity contribution >= 4 is 11.8 Å². The molecule has 4 heteroatoms. The van der Waals surface area contributed by atoms with Gasteiger partial charge in [-0.3, -0.25) is 9.59 Å².